The molecule has 1 heterocycles. The number of hydrogen-bond donors (Lipinski definition) is 2. The number of nitrogens with zero attached hydrogens (tertiary/aromatic N) is 1. The highest BCUT2D eigenvalue weighted by Gasteiger charge is 2.25. The SMILES string of the molecule is CN(C)C(C(=O)NC1CCNCC1)c1ccccc1.Cl.Cl. The van der Waals surface area contributed by atoms with Gasteiger partial charge in [-0.3, -0.25) is 9.69 Å². The molecular formula is C15H25Cl2N3O. The number of rotatable bonds is 4. The van der Waals surface area contributed by atoms with Crippen molar-refractivity contribution in [2.75, 3.05) is 27.2 Å². The molecule has 0 spiro atoms. The largest absolute Gasteiger partial charge is 0.352 e. The van der Waals surface area contributed by atoms with E-state index in [9.17, 15) is 4.79 Å². The van der Waals surface area contributed by atoms with Crippen LogP contribution in [0.15, 0.2) is 30.3 Å². The Labute approximate surface area is 139 Å². The molecule has 1 unspecified atom stereocenters. The molecule has 1 saturated heterocycles. The van der Waals surface area contributed by atoms with Crippen LogP contribution >= 0.6 is 24.8 Å². The second-order valence-corrected chi connectivity index (χ2v) is 5.31. The van der Waals surface area contributed by atoms with Crippen LogP contribution in [0, 0.1) is 0 Å². The van der Waals surface area contributed by atoms with Gasteiger partial charge in [0.05, 0.1) is 0 Å². The summed E-state index contributed by atoms with van der Waals surface area (Å²) in [5, 5.41) is 6.49. The predicted molar refractivity (Wildman–Crippen MR) is 91.4 cm³/mol. The number of nitrogens with one attached hydrogen (secondary N) is 2. The van der Waals surface area contributed by atoms with Gasteiger partial charge in [0.15, 0.2) is 0 Å². The van der Waals surface area contributed by atoms with Crippen LogP contribution in [0.5, 0.6) is 0 Å². The van der Waals surface area contributed by atoms with Gasteiger partial charge in [0.1, 0.15) is 6.04 Å². The number of benzene rings is 1. The van der Waals surface area contributed by atoms with Gasteiger partial charge in [-0.2, -0.15) is 0 Å². The van der Waals surface area contributed by atoms with Crippen LogP contribution in [0.3, 0.4) is 0 Å². The van der Waals surface area contributed by atoms with Gasteiger partial charge in [-0.05, 0) is 45.6 Å². The van der Waals surface area contributed by atoms with E-state index in [1.807, 2.05) is 49.3 Å². The summed E-state index contributed by atoms with van der Waals surface area (Å²) < 4.78 is 0. The zero-order valence-electron chi connectivity index (χ0n) is 12.5. The predicted octanol–water partition coefficient (Wildman–Crippen LogP) is 2.00. The van der Waals surface area contributed by atoms with E-state index < -0.39 is 0 Å². The monoisotopic (exact) mass is 333 g/mol. The molecule has 1 aromatic rings. The van der Waals surface area contributed by atoms with Crippen molar-refractivity contribution in [1.82, 2.24) is 15.5 Å². The molecule has 1 aliphatic heterocycles. The second kappa shape index (κ2) is 10.0. The maximum absolute atomic E-state index is 12.5. The fourth-order valence-electron chi connectivity index (χ4n) is 2.57. The topological polar surface area (TPSA) is 44.4 Å². The maximum Gasteiger partial charge on any atom is 0.242 e. The van der Waals surface area contributed by atoms with Gasteiger partial charge < -0.3 is 10.6 Å². The van der Waals surface area contributed by atoms with E-state index in [0.29, 0.717) is 6.04 Å². The van der Waals surface area contributed by atoms with Crippen molar-refractivity contribution in [3.05, 3.63) is 35.9 Å². The number of carbonyl (C=O) groups is 1. The molecule has 120 valence electrons. The first-order valence-corrected chi connectivity index (χ1v) is 6.91. The lowest BCUT2D eigenvalue weighted by Crippen LogP contribution is -2.46. The molecule has 2 N–H and O–H groups in total. The third-order valence-electron chi connectivity index (χ3n) is 3.57. The van der Waals surface area contributed by atoms with E-state index >= 15 is 0 Å². The average Bonchev–Trinajstić information content (AvgIpc) is 2.40. The van der Waals surface area contributed by atoms with E-state index in [1.54, 1.807) is 0 Å². The van der Waals surface area contributed by atoms with Crippen LogP contribution in [0.2, 0.25) is 0 Å². The van der Waals surface area contributed by atoms with Crippen LogP contribution in [0.1, 0.15) is 24.4 Å². The molecule has 0 aliphatic carbocycles. The van der Waals surface area contributed by atoms with Crippen LogP contribution < -0.4 is 10.6 Å². The van der Waals surface area contributed by atoms with Gasteiger partial charge in [-0.15, -0.1) is 24.8 Å². The van der Waals surface area contributed by atoms with Crippen molar-refractivity contribution in [2.24, 2.45) is 0 Å². The molecule has 21 heavy (non-hydrogen) atoms. The fraction of sp³-hybridized carbons (Fsp3) is 0.533. The first-order chi connectivity index (χ1) is 9.18. The van der Waals surface area contributed by atoms with E-state index in [2.05, 4.69) is 10.6 Å². The summed E-state index contributed by atoms with van der Waals surface area (Å²) in [7, 11) is 3.89. The van der Waals surface area contributed by atoms with Crippen molar-refractivity contribution in [3.8, 4) is 0 Å². The maximum atomic E-state index is 12.5. The number of piperidine rings is 1. The highest BCUT2D eigenvalue weighted by Crippen LogP contribution is 2.18. The van der Waals surface area contributed by atoms with Crippen molar-refractivity contribution in [1.29, 1.82) is 0 Å². The highest BCUT2D eigenvalue weighted by molar-refractivity contribution is 5.85. The Kier molecular flexibility index (Phi) is 9.62. The Hall–Kier alpha value is -0.810. The molecule has 1 fully saturated rings. The van der Waals surface area contributed by atoms with Gasteiger partial charge in [0.25, 0.3) is 0 Å². The quantitative estimate of drug-likeness (QED) is 0.885. The Morgan fingerprint density at radius 2 is 1.76 bits per heavy atom. The summed E-state index contributed by atoms with van der Waals surface area (Å²) in [6, 6.07) is 10.0. The Morgan fingerprint density at radius 1 is 1.19 bits per heavy atom. The van der Waals surface area contributed by atoms with Crippen molar-refractivity contribution < 1.29 is 4.79 Å². The molecule has 2 rings (SSSR count). The average molecular weight is 334 g/mol. The molecule has 0 saturated carbocycles. The summed E-state index contributed by atoms with van der Waals surface area (Å²) in [4.78, 5) is 14.4. The lowest BCUT2D eigenvalue weighted by Gasteiger charge is -2.29. The minimum atomic E-state index is -0.212. The number of carbonyl (C=O) groups excluding carboxylic acids is 1. The van der Waals surface area contributed by atoms with Crippen LogP contribution in [-0.4, -0.2) is 44.0 Å². The molecule has 0 radical (unpaired) electrons. The van der Waals surface area contributed by atoms with Gasteiger partial charge in [0, 0.05) is 6.04 Å². The first-order valence-electron chi connectivity index (χ1n) is 6.91. The van der Waals surface area contributed by atoms with Gasteiger partial charge in [0.2, 0.25) is 5.91 Å². The minimum absolute atomic E-state index is 0. The van der Waals surface area contributed by atoms with E-state index in [0.717, 1.165) is 31.5 Å². The zero-order valence-corrected chi connectivity index (χ0v) is 14.2. The molecular weight excluding hydrogens is 309 g/mol. The zero-order chi connectivity index (χ0) is 13.7. The standard InChI is InChI=1S/C15H23N3O.2ClH/c1-18(2)14(12-6-4-3-5-7-12)15(19)17-13-8-10-16-11-9-13;;/h3-7,13-14,16H,8-11H2,1-2H3,(H,17,19);2*1H. The van der Waals surface area contributed by atoms with E-state index in [-0.39, 0.29) is 36.8 Å². The minimum Gasteiger partial charge on any atom is -0.352 e. The molecule has 1 amide bonds. The van der Waals surface area contributed by atoms with E-state index in [1.165, 1.54) is 0 Å². The Balaban J connectivity index is 0.00000200. The lowest BCUT2D eigenvalue weighted by atomic mass is 10.0. The number of halogens is 2. The normalized spacial score (nSPS) is 16.5. The third kappa shape index (κ3) is 5.83. The molecule has 0 aromatic heterocycles. The number of likely N-dealkylation sites (N-methyl/N-ethyl adjacent to an activating group) is 1. The first kappa shape index (κ1) is 20.2. The van der Waals surface area contributed by atoms with Crippen molar-refractivity contribution >= 4 is 30.7 Å². The van der Waals surface area contributed by atoms with Crippen LogP contribution in [0.4, 0.5) is 0 Å². The van der Waals surface area contributed by atoms with Crippen molar-refractivity contribution in [3.63, 3.8) is 0 Å². The van der Waals surface area contributed by atoms with Gasteiger partial charge >= 0.3 is 0 Å². The van der Waals surface area contributed by atoms with Crippen molar-refractivity contribution in [2.45, 2.75) is 24.9 Å². The molecule has 6 heteroatoms. The molecule has 1 aliphatic rings. The molecule has 4 nitrogen and oxygen atoms in total. The summed E-state index contributed by atoms with van der Waals surface area (Å²) in [6.07, 6.45) is 2.03. The number of amides is 1. The Bertz CT molecular complexity index is 409. The molecule has 1 atom stereocenters. The highest BCUT2D eigenvalue weighted by atomic mass is 35.5. The lowest BCUT2D eigenvalue weighted by molar-refractivity contribution is -0.126. The summed E-state index contributed by atoms with van der Waals surface area (Å²) in [5.74, 6) is 0.100. The second-order valence-electron chi connectivity index (χ2n) is 5.31. The van der Waals surface area contributed by atoms with E-state index in [4.69, 9.17) is 0 Å². The van der Waals surface area contributed by atoms with Crippen LogP contribution in [-0.2, 0) is 4.79 Å². The summed E-state index contributed by atoms with van der Waals surface area (Å²) in [5.41, 5.74) is 1.04. The van der Waals surface area contributed by atoms with Crippen LogP contribution in [0.25, 0.3) is 0 Å². The van der Waals surface area contributed by atoms with Gasteiger partial charge in [-0.25, -0.2) is 0 Å². The smallest absolute Gasteiger partial charge is 0.242 e. The molecule has 1 aromatic carbocycles. The third-order valence-corrected chi connectivity index (χ3v) is 3.57. The number of hydrogen-bond acceptors (Lipinski definition) is 3. The molecule has 0 bridgehead atoms. The summed E-state index contributed by atoms with van der Waals surface area (Å²) in [6.45, 7) is 1.98. The fourth-order valence-corrected chi connectivity index (χ4v) is 2.57. The Morgan fingerprint density at radius 3 is 2.29 bits per heavy atom. The summed E-state index contributed by atoms with van der Waals surface area (Å²) >= 11 is 0. The van der Waals surface area contributed by atoms with Gasteiger partial charge in [-0.1, -0.05) is 30.3 Å².